The summed E-state index contributed by atoms with van der Waals surface area (Å²) < 4.78 is 6.94. The van der Waals surface area contributed by atoms with Gasteiger partial charge in [-0.05, 0) is 37.0 Å². The van der Waals surface area contributed by atoms with Crippen LogP contribution in [0.15, 0.2) is 41.6 Å². The highest BCUT2D eigenvalue weighted by Gasteiger charge is 2.17. The number of ether oxygens (including phenoxy) is 1. The maximum Gasteiger partial charge on any atom is 0.341 e. The average Bonchev–Trinajstić information content (AvgIpc) is 2.91. The number of rotatable bonds is 5. The zero-order chi connectivity index (χ0) is 15.2. The van der Waals surface area contributed by atoms with Crippen LogP contribution in [0.1, 0.15) is 18.3 Å². The summed E-state index contributed by atoms with van der Waals surface area (Å²) in [4.78, 5) is 17.6. The van der Waals surface area contributed by atoms with Crippen LogP contribution in [-0.2, 0) is 16.6 Å². The van der Waals surface area contributed by atoms with Gasteiger partial charge in [-0.2, -0.15) is 0 Å². The standard InChI is InChI=1S/C16H18N2O2S/c1-4-20-16(19)14(15-17-9-10-18(15)2)11-12-5-7-13(21-3)8-6-12/h5-11H,4H2,1-3H3. The molecule has 0 fully saturated rings. The Labute approximate surface area is 128 Å². The number of nitrogens with zero attached hydrogens (tertiary/aromatic N) is 2. The van der Waals surface area contributed by atoms with E-state index in [9.17, 15) is 4.79 Å². The van der Waals surface area contributed by atoms with E-state index in [1.807, 2.05) is 43.6 Å². The molecule has 0 amide bonds. The van der Waals surface area contributed by atoms with E-state index >= 15 is 0 Å². The Morgan fingerprint density at radius 2 is 2.10 bits per heavy atom. The van der Waals surface area contributed by atoms with Crippen molar-refractivity contribution in [3.63, 3.8) is 0 Å². The van der Waals surface area contributed by atoms with Crippen LogP contribution in [0.2, 0.25) is 0 Å². The number of esters is 1. The second kappa shape index (κ2) is 7.13. The van der Waals surface area contributed by atoms with Gasteiger partial charge in [0.25, 0.3) is 0 Å². The van der Waals surface area contributed by atoms with Crippen molar-refractivity contribution in [1.29, 1.82) is 0 Å². The fourth-order valence-corrected chi connectivity index (χ4v) is 2.32. The minimum Gasteiger partial charge on any atom is -0.462 e. The van der Waals surface area contributed by atoms with Crippen molar-refractivity contribution in [1.82, 2.24) is 9.55 Å². The van der Waals surface area contributed by atoms with Crippen molar-refractivity contribution in [3.05, 3.63) is 48.0 Å². The SMILES string of the molecule is CCOC(=O)C(=Cc1ccc(SC)cc1)c1nccn1C. The third-order valence-electron chi connectivity index (χ3n) is 2.98. The summed E-state index contributed by atoms with van der Waals surface area (Å²) in [5.74, 6) is 0.239. The minimum absolute atomic E-state index is 0.339. The zero-order valence-corrected chi connectivity index (χ0v) is 13.2. The van der Waals surface area contributed by atoms with Gasteiger partial charge in [-0.3, -0.25) is 0 Å². The van der Waals surface area contributed by atoms with Crippen molar-refractivity contribution < 1.29 is 9.53 Å². The highest BCUT2D eigenvalue weighted by molar-refractivity contribution is 7.98. The molecule has 0 aliphatic rings. The first kappa shape index (κ1) is 15.4. The van der Waals surface area contributed by atoms with Crippen molar-refractivity contribution in [2.24, 2.45) is 7.05 Å². The maximum atomic E-state index is 12.2. The predicted molar refractivity (Wildman–Crippen MR) is 85.9 cm³/mol. The lowest BCUT2D eigenvalue weighted by Crippen LogP contribution is -2.10. The third-order valence-corrected chi connectivity index (χ3v) is 3.73. The number of thioether (sulfide) groups is 1. The van der Waals surface area contributed by atoms with Gasteiger partial charge in [-0.1, -0.05) is 12.1 Å². The molecular weight excluding hydrogens is 284 g/mol. The molecule has 0 saturated carbocycles. The normalized spacial score (nSPS) is 11.5. The van der Waals surface area contributed by atoms with Crippen LogP contribution in [0, 0.1) is 0 Å². The van der Waals surface area contributed by atoms with Crippen molar-refractivity contribution in [3.8, 4) is 0 Å². The number of imidazole rings is 1. The molecule has 0 radical (unpaired) electrons. The van der Waals surface area contributed by atoms with Gasteiger partial charge in [0.05, 0.1) is 6.61 Å². The topological polar surface area (TPSA) is 44.1 Å². The van der Waals surface area contributed by atoms with Gasteiger partial charge in [-0.25, -0.2) is 9.78 Å². The van der Waals surface area contributed by atoms with Gasteiger partial charge in [0.15, 0.2) is 0 Å². The molecular formula is C16H18N2O2S. The van der Waals surface area contributed by atoms with Gasteiger partial charge >= 0.3 is 5.97 Å². The summed E-state index contributed by atoms with van der Waals surface area (Å²) in [7, 11) is 1.85. The van der Waals surface area contributed by atoms with E-state index in [-0.39, 0.29) is 5.97 Å². The van der Waals surface area contributed by atoms with Crippen LogP contribution < -0.4 is 0 Å². The predicted octanol–water partition coefficient (Wildman–Crippen LogP) is 3.25. The zero-order valence-electron chi connectivity index (χ0n) is 12.4. The molecule has 0 unspecified atom stereocenters. The van der Waals surface area contributed by atoms with E-state index in [1.54, 1.807) is 35.6 Å². The molecule has 21 heavy (non-hydrogen) atoms. The lowest BCUT2D eigenvalue weighted by atomic mass is 10.1. The Kier molecular flexibility index (Phi) is 5.22. The van der Waals surface area contributed by atoms with Gasteiger partial charge < -0.3 is 9.30 Å². The summed E-state index contributed by atoms with van der Waals surface area (Å²) in [6.07, 6.45) is 7.31. The minimum atomic E-state index is -0.360. The fraction of sp³-hybridized carbons (Fsp3) is 0.250. The van der Waals surface area contributed by atoms with Gasteiger partial charge in [0, 0.05) is 24.3 Å². The quantitative estimate of drug-likeness (QED) is 0.483. The number of hydrogen-bond donors (Lipinski definition) is 0. The molecule has 4 nitrogen and oxygen atoms in total. The summed E-state index contributed by atoms with van der Waals surface area (Å²) in [5, 5.41) is 0. The highest BCUT2D eigenvalue weighted by atomic mass is 32.2. The largest absolute Gasteiger partial charge is 0.462 e. The summed E-state index contributed by atoms with van der Waals surface area (Å²) in [5.41, 5.74) is 1.40. The van der Waals surface area contributed by atoms with Crippen LogP contribution in [0.4, 0.5) is 0 Å². The Hall–Kier alpha value is -2.01. The van der Waals surface area contributed by atoms with E-state index in [0.29, 0.717) is 18.0 Å². The van der Waals surface area contributed by atoms with E-state index < -0.39 is 0 Å². The molecule has 0 spiro atoms. The Bertz CT molecular complexity index is 645. The summed E-state index contributed by atoms with van der Waals surface area (Å²) >= 11 is 1.68. The summed E-state index contributed by atoms with van der Waals surface area (Å²) in [6.45, 7) is 2.13. The van der Waals surface area contributed by atoms with E-state index in [4.69, 9.17) is 4.74 Å². The number of hydrogen-bond acceptors (Lipinski definition) is 4. The first-order chi connectivity index (χ1) is 10.2. The van der Waals surface area contributed by atoms with Crippen molar-refractivity contribution >= 4 is 29.4 Å². The fourth-order valence-electron chi connectivity index (χ4n) is 1.92. The molecule has 0 atom stereocenters. The molecule has 2 rings (SSSR count). The van der Waals surface area contributed by atoms with Crippen molar-refractivity contribution in [2.45, 2.75) is 11.8 Å². The monoisotopic (exact) mass is 302 g/mol. The van der Waals surface area contributed by atoms with Crippen molar-refractivity contribution in [2.75, 3.05) is 12.9 Å². The Morgan fingerprint density at radius 3 is 2.62 bits per heavy atom. The number of benzene rings is 1. The molecule has 0 N–H and O–H groups in total. The second-order valence-corrected chi connectivity index (χ2v) is 5.29. The van der Waals surface area contributed by atoms with Crippen LogP contribution in [0.3, 0.4) is 0 Å². The first-order valence-corrected chi connectivity index (χ1v) is 7.88. The number of carbonyl (C=O) groups excluding carboxylic acids is 1. The van der Waals surface area contributed by atoms with Crippen LogP contribution >= 0.6 is 11.8 Å². The number of aryl methyl sites for hydroxylation is 1. The second-order valence-electron chi connectivity index (χ2n) is 4.41. The van der Waals surface area contributed by atoms with Gasteiger partial charge in [0.2, 0.25) is 0 Å². The molecule has 0 saturated heterocycles. The summed E-state index contributed by atoms with van der Waals surface area (Å²) in [6, 6.07) is 8.01. The molecule has 0 aliphatic heterocycles. The molecule has 1 aromatic heterocycles. The molecule has 0 aliphatic carbocycles. The third kappa shape index (κ3) is 3.76. The molecule has 0 bridgehead atoms. The first-order valence-electron chi connectivity index (χ1n) is 6.66. The van der Waals surface area contributed by atoms with Gasteiger partial charge in [-0.15, -0.1) is 11.8 Å². The molecule has 110 valence electrons. The van der Waals surface area contributed by atoms with Crippen LogP contribution in [-0.4, -0.2) is 28.4 Å². The average molecular weight is 302 g/mol. The molecule has 2 aromatic rings. The molecule has 5 heteroatoms. The van der Waals surface area contributed by atoms with Crippen LogP contribution in [0.5, 0.6) is 0 Å². The van der Waals surface area contributed by atoms with E-state index in [0.717, 1.165) is 5.56 Å². The van der Waals surface area contributed by atoms with Crippen LogP contribution in [0.25, 0.3) is 11.6 Å². The lowest BCUT2D eigenvalue weighted by Gasteiger charge is -2.07. The van der Waals surface area contributed by atoms with E-state index in [2.05, 4.69) is 4.98 Å². The molecule has 1 heterocycles. The van der Waals surface area contributed by atoms with Gasteiger partial charge in [0.1, 0.15) is 11.4 Å². The molecule has 1 aromatic carbocycles. The smallest absolute Gasteiger partial charge is 0.341 e. The highest BCUT2D eigenvalue weighted by Crippen LogP contribution is 2.20. The number of carbonyl (C=O) groups is 1. The van der Waals surface area contributed by atoms with E-state index in [1.165, 1.54) is 4.90 Å². The lowest BCUT2D eigenvalue weighted by molar-refractivity contribution is -0.136. The Morgan fingerprint density at radius 1 is 1.38 bits per heavy atom. The Balaban J connectivity index is 2.40. The number of aromatic nitrogens is 2. The maximum absolute atomic E-state index is 12.2.